The Morgan fingerprint density at radius 3 is 2.38 bits per heavy atom. The van der Waals surface area contributed by atoms with E-state index in [0.29, 0.717) is 6.54 Å². The van der Waals surface area contributed by atoms with Gasteiger partial charge in [0, 0.05) is 11.8 Å². The van der Waals surface area contributed by atoms with E-state index in [1.165, 1.54) is 6.92 Å². The summed E-state index contributed by atoms with van der Waals surface area (Å²) >= 11 is 1.60. The Kier molecular flexibility index (Phi) is 5.95. The number of hydrogen-bond acceptors (Lipinski definition) is 4. The highest BCUT2D eigenvalue weighted by Gasteiger charge is 2.19. The second-order valence-corrected chi connectivity index (χ2v) is 6.39. The number of thioether (sulfide) groups is 1. The predicted molar refractivity (Wildman–Crippen MR) is 56.4 cm³/mol. The maximum absolute atomic E-state index is 11.3. The molecule has 2 atom stereocenters. The van der Waals surface area contributed by atoms with Gasteiger partial charge in [0.25, 0.3) is 0 Å². The third-order valence-electron chi connectivity index (χ3n) is 1.76. The molecule has 0 aliphatic heterocycles. The minimum atomic E-state index is -3.33. The lowest BCUT2D eigenvalue weighted by molar-refractivity contribution is 0.295. The van der Waals surface area contributed by atoms with Crippen molar-refractivity contribution in [2.75, 3.05) is 19.4 Å². The largest absolute Gasteiger partial charge is 0.395 e. The Balaban J connectivity index is 4.04. The lowest BCUT2D eigenvalue weighted by Crippen LogP contribution is -2.37. The molecule has 6 heteroatoms. The van der Waals surface area contributed by atoms with Crippen LogP contribution < -0.4 is 4.72 Å². The molecule has 0 aromatic rings. The number of sulfonamides is 1. The van der Waals surface area contributed by atoms with E-state index in [2.05, 4.69) is 4.72 Å². The van der Waals surface area contributed by atoms with Gasteiger partial charge in [0.15, 0.2) is 0 Å². The van der Waals surface area contributed by atoms with Crippen LogP contribution >= 0.6 is 11.8 Å². The van der Waals surface area contributed by atoms with Crippen LogP contribution in [0.1, 0.15) is 13.8 Å². The molecule has 0 aliphatic carbocycles. The molecule has 0 heterocycles. The normalized spacial score (nSPS) is 16.9. The van der Waals surface area contributed by atoms with E-state index < -0.39 is 15.3 Å². The molecule has 0 rings (SSSR count). The summed E-state index contributed by atoms with van der Waals surface area (Å²) in [7, 11) is -3.33. The molecule has 0 radical (unpaired) electrons. The number of aliphatic hydroxyl groups is 1. The predicted octanol–water partition coefficient (Wildman–Crippen LogP) is 0.0381. The van der Waals surface area contributed by atoms with Crippen molar-refractivity contribution in [3.8, 4) is 0 Å². The number of hydrogen-bond donors (Lipinski definition) is 2. The van der Waals surface area contributed by atoms with E-state index in [9.17, 15) is 8.42 Å². The summed E-state index contributed by atoms with van der Waals surface area (Å²) < 4.78 is 25.1. The van der Waals surface area contributed by atoms with Gasteiger partial charge in [-0.1, -0.05) is 6.92 Å². The van der Waals surface area contributed by atoms with E-state index in [1.807, 2.05) is 13.2 Å². The van der Waals surface area contributed by atoms with Gasteiger partial charge in [-0.2, -0.15) is 11.8 Å². The molecule has 2 N–H and O–H groups in total. The van der Waals surface area contributed by atoms with Crippen LogP contribution in [-0.2, 0) is 10.0 Å². The maximum Gasteiger partial charge on any atom is 0.216 e. The Hall–Kier alpha value is 0.220. The molecule has 0 bridgehead atoms. The SMILES string of the molecule is CSC(C)CNS(=O)(=O)C(C)CO. The number of aliphatic hydroxyl groups excluding tert-OH is 1. The standard InChI is InChI=1S/C7H17NO3S2/c1-6(12-3)4-8-13(10,11)7(2)5-9/h6-9H,4-5H2,1-3H3. The molecule has 0 saturated heterocycles. The molecule has 0 fully saturated rings. The van der Waals surface area contributed by atoms with E-state index in [4.69, 9.17) is 5.11 Å². The molecule has 80 valence electrons. The van der Waals surface area contributed by atoms with Gasteiger partial charge in [0.2, 0.25) is 10.0 Å². The van der Waals surface area contributed by atoms with Crippen LogP contribution in [-0.4, -0.2) is 43.4 Å². The molecular formula is C7H17NO3S2. The molecular weight excluding hydrogens is 210 g/mol. The lowest BCUT2D eigenvalue weighted by atomic mass is 10.5. The second kappa shape index (κ2) is 5.85. The van der Waals surface area contributed by atoms with Crippen molar-refractivity contribution in [1.82, 2.24) is 4.72 Å². The van der Waals surface area contributed by atoms with Gasteiger partial charge >= 0.3 is 0 Å². The van der Waals surface area contributed by atoms with Crippen molar-refractivity contribution in [3.63, 3.8) is 0 Å². The first-order chi connectivity index (χ1) is 5.94. The highest BCUT2D eigenvalue weighted by Crippen LogP contribution is 2.04. The van der Waals surface area contributed by atoms with Crippen molar-refractivity contribution in [2.24, 2.45) is 0 Å². The van der Waals surface area contributed by atoms with E-state index in [1.54, 1.807) is 11.8 Å². The minimum absolute atomic E-state index is 0.251. The smallest absolute Gasteiger partial charge is 0.216 e. The van der Waals surface area contributed by atoms with Gasteiger partial charge in [0.1, 0.15) is 0 Å². The van der Waals surface area contributed by atoms with Gasteiger partial charge in [-0.3, -0.25) is 0 Å². The summed E-state index contributed by atoms with van der Waals surface area (Å²) in [5.41, 5.74) is 0. The lowest BCUT2D eigenvalue weighted by Gasteiger charge is -2.13. The highest BCUT2D eigenvalue weighted by atomic mass is 32.2. The van der Waals surface area contributed by atoms with Gasteiger partial charge in [0.05, 0.1) is 11.9 Å². The van der Waals surface area contributed by atoms with Gasteiger partial charge in [-0.15, -0.1) is 0 Å². The van der Waals surface area contributed by atoms with Crippen molar-refractivity contribution >= 4 is 21.8 Å². The summed E-state index contributed by atoms with van der Waals surface area (Å²) in [5, 5.41) is 8.18. The Morgan fingerprint density at radius 1 is 1.46 bits per heavy atom. The Labute approximate surface area is 84.2 Å². The fraction of sp³-hybridized carbons (Fsp3) is 1.00. The molecule has 0 aromatic heterocycles. The summed E-state index contributed by atoms with van der Waals surface area (Å²) in [6.07, 6.45) is 1.93. The quantitative estimate of drug-likeness (QED) is 0.672. The van der Waals surface area contributed by atoms with Crippen LogP contribution in [0, 0.1) is 0 Å². The average molecular weight is 227 g/mol. The first-order valence-electron chi connectivity index (χ1n) is 4.06. The fourth-order valence-corrected chi connectivity index (χ4v) is 1.88. The molecule has 13 heavy (non-hydrogen) atoms. The topological polar surface area (TPSA) is 66.4 Å². The van der Waals surface area contributed by atoms with Crippen molar-refractivity contribution in [2.45, 2.75) is 24.3 Å². The maximum atomic E-state index is 11.3. The van der Waals surface area contributed by atoms with Crippen LogP contribution in [0.25, 0.3) is 0 Å². The highest BCUT2D eigenvalue weighted by molar-refractivity contribution is 7.99. The Bertz CT molecular complexity index is 228. The van der Waals surface area contributed by atoms with Crippen LogP contribution in [0.4, 0.5) is 0 Å². The van der Waals surface area contributed by atoms with Crippen molar-refractivity contribution in [1.29, 1.82) is 0 Å². The van der Waals surface area contributed by atoms with Gasteiger partial charge in [-0.05, 0) is 13.2 Å². The molecule has 2 unspecified atom stereocenters. The van der Waals surface area contributed by atoms with Crippen LogP contribution in [0.3, 0.4) is 0 Å². The van der Waals surface area contributed by atoms with E-state index in [-0.39, 0.29) is 11.9 Å². The number of rotatable bonds is 6. The average Bonchev–Trinajstić information content (AvgIpc) is 2.12. The third-order valence-corrected chi connectivity index (χ3v) is 4.51. The van der Waals surface area contributed by atoms with Crippen LogP contribution in [0.15, 0.2) is 0 Å². The molecule has 0 aromatic carbocycles. The zero-order valence-corrected chi connectivity index (χ0v) is 9.78. The van der Waals surface area contributed by atoms with Gasteiger partial charge < -0.3 is 5.11 Å². The zero-order chi connectivity index (χ0) is 10.5. The molecule has 0 saturated carbocycles. The molecule has 0 aliphatic rings. The van der Waals surface area contributed by atoms with Crippen molar-refractivity contribution in [3.05, 3.63) is 0 Å². The minimum Gasteiger partial charge on any atom is -0.395 e. The molecule has 4 nitrogen and oxygen atoms in total. The fourth-order valence-electron chi connectivity index (χ4n) is 0.557. The van der Waals surface area contributed by atoms with Crippen molar-refractivity contribution < 1.29 is 13.5 Å². The van der Waals surface area contributed by atoms with Gasteiger partial charge in [-0.25, -0.2) is 13.1 Å². The van der Waals surface area contributed by atoms with Crippen LogP contribution in [0.2, 0.25) is 0 Å². The summed E-state index contributed by atoms with van der Waals surface area (Å²) in [5.74, 6) is 0. The molecule has 0 spiro atoms. The first kappa shape index (κ1) is 13.2. The monoisotopic (exact) mass is 227 g/mol. The summed E-state index contributed by atoms with van der Waals surface area (Å²) in [6.45, 7) is 3.49. The second-order valence-electron chi connectivity index (χ2n) is 2.93. The van der Waals surface area contributed by atoms with Crippen LogP contribution in [0.5, 0.6) is 0 Å². The first-order valence-corrected chi connectivity index (χ1v) is 6.89. The zero-order valence-electron chi connectivity index (χ0n) is 8.15. The number of nitrogens with one attached hydrogen (secondary N) is 1. The summed E-state index contributed by atoms with van der Waals surface area (Å²) in [6, 6.07) is 0. The van der Waals surface area contributed by atoms with E-state index in [0.717, 1.165) is 0 Å². The molecule has 0 amide bonds. The van der Waals surface area contributed by atoms with E-state index >= 15 is 0 Å². The Morgan fingerprint density at radius 2 is 2.00 bits per heavy atom. The summed E-state index contributed by atoms with van der Waals surface area (Å²) in [4.78, 5) is 0. The third kappa shape index (κ3) is 4.85.